The molecule has 2 aromatic rings. The SMILES string of the molecule is CN(Cc1nnc(C(=O)Nc2ccc(Cl)cc2)s1)C[C@@H]1CCCO1. The number of benzene rings is 1. The van der Waals surface area contributed by atoms with Crippen LogP contribution in [0.25, 0.3) is 0 Å². The molecule has 1 saturated heterocycles. The van der Waals surface area contributed by atoms with Crippen LogP contribution < -0.4 is 5.32 Å². The van der Waals surface area contributed by atoms with Crippen molar-refractivity contribution in [3.8, 4) is 0 Å². The lowest BCUT2D eigenvalue weighted by Crippen LogP contribution is -2.28. The fourth-order valence-corrected chi connectivity index (χ4v) is 3.50. The molecule has 1 amide bonds. The molecule has 0 unspecified atom stereocenters. The number of hydrogen-bond donors (Lipinski definition) is 1. The van der Waals surface area contributed by atoms with Crippen molar-refractivity contribution in [2.45, 2.75) is 25.5 Å². The van der Waals surface area contributed by atoms with E-state index in [1.807, 2.05) is 7.05 Å². The number of nitrogens with zero attached hydrogens (tertiary/aromatic N) is 3. The van der Waals surface area contributed by atoms with E-state index in [0.717, 1.165) is 31.0 Å². The molecule has 0 saturated carbocycles. The molecule has 128 valence electrons. The summed E-state index contributed by atoms with van der Waals surface area (Å²) in [6, 6.07) is 6.95. The number of amides is 1. The van der Waals surface area contributed by atoms with Crippen molar-refractivity contribution in [3.63, 3.8) is 0 Å². The Kier molecular flexibility index (Phi) is 5.78. The summed E-state index contributed by atoms with van der Waals surface area (Å²) in [6.07, 6.45) is 2.54. The van der Waals surface area contributed by atoms with Crippen LogP contribution in [0.3, 0.4) is 0 Å². The highest BCUT2D eigenvalue weighted by atomic mass is 35.5. The zero-order valence-electron chi connectivity index (χ0n) is 13.4. The Hall–Kier alpha value is -1.54. The first kappa shape index (κ1) is 17.3. The van der Waals surface area contributed by atoms with Crippen molar-refractivity contribution in [1.82, 2.24) is 15.1 Å². The van der Waals surface area contributed by atoms with Gasteiger partial charge in [-0.3, -0.25) is 9.69 Å². The fraction of sp³-hybridized carbons (Fsp3) is 0.438. The molecule has 8 heteroatoms. The molecule has 1 N–H and O–H groups in total. The number of ether oxygens (including phenoxy) is 1. The monoisotopic (exact) mass is 366 g/mol. The van der Waals surface area contributed by atoms with Gasteiger partial charge in [0.25, 0.3) is 5.91 Å². The van der Waals surface area contributed by atoms with Gasteiger partial charge in [0.05, 0.1) is 12.6 Å². The molecule has 0 bridgehead atoms. The largest absolute Gasteiger partial charge is 0.377 e. The van der Waals surface area contributed by atoms with E-state index in [9.17, 15) is 4.79 Å². The topological polar surface area (TPSA) is 67.4 Å². The van der Waals surface area contributed by atoms with Gasteiger partial charge < -0.3 is 10.1 Å². The van der Waals surface area contributed by atoms with Crippen LogP contribution >= 0.6 is 22.9 Å². The number of nitrogens with one attached hydrogen (secondary N) is 1. The maximum absolute atomic E-state index is 12.2. The summed E-state index contributed by atoms with van der Waals surface area (Å²) in [4.78, 5) is 14.4. The van der Waals surface area contributed by atoms with E-state index >= 15 is 0 Å². The molecule has 0 aliphatic carbocycles. The van der Waals surface area contributed by atoms with Crippen LogP contribution in [0, 0.1) is 0 Å². The minimum Gasteiger partial charge on any atom is -0.377 e. The first-order valence-corrected chi connectivity index (χ1v) is 8.99. The Labute approximate surface area is 149 Å². The molecular formula is C16H19ClN4O2S. The quantitative estimate of drug-likeness (QED) is 0.851. The molecule has 24 heavy (non-hydrogen) atoms. The average Bonchev–Trinajstić information content (AvgIpc) is 3.21. The Morgan fingerprint density at radius 3 is 2.92 bits per heavy atom. The van der Waals surface area contributed by atoms with Crippen molar-refractivity contribution in [3.05, 3.63) is 39.3 Å². The predicted molar refractivity (Wildman–Crippen MR) is 94.6 cm³/mol. The molecule has 3 rings (SSSR count). The maximum Gasteiger partial charge on any atom is 0.286 e. The Balaban J connectivity index is 1.54. The standard InChI is InChI=1S/C16H19ClN4O2S/c1-21(9-13-3-2-8-23-13)10-14-19-20-16(24-14)15(22)18-12-6-4-11(17)5-7-12/h4-7,13H,2-3,8-10H2,1H3,(H,18,22)/t13-/m0/s1. The third-order valence-corrected chi connectivity index (χ3v) is 4.87. The number of carbonyl (C=O) groups excluding carboxylic acids is 1. The Morgan fingerprint density at radius 2 is 2.21 bits per heavy atom. The van der Waals surface area contributed by atoms with Crippen LogP contribution in [-0.4, -0.2) is 47.3 Å². The zero-order valence-corrected chi connectivity index (χ0v) is 14.9. The van der Waals surface area contributed by atoms with Gasteiger partial charge in [0.15, 0.2) is 0 Å². The summed E-state index contributed by atoms with van der Waals surface area (Å²) in [7, 11) is 2.02. The zero-order chi connectivity index (χ0) is 16.9. The van der Waals surface area contributed by atoms with Gasteiger partial charge >= 0.3 is 0 Å². The number of rotatable bonds is 6. The van der Waals surface area contributed by atoms with E-state index in [4.69, 9.17) is 16.3 Å². The number of likely N-dealkylation sites (N-methyl/N-ethyl adjacent to an activating group) is 1. The third kappa shape index (κ3) is 4.73. The normalized spacial score (nSPS) is 17.4. The van der Waals surface area contributed by atoms with Gasteiger partial charge in [-0.05, 0) is 44.2 Å². The number of hydrogen-bond acceptors (Lipinski definition) is 6. The summed E-state index contributed by atoms with van der Waals surface area (Å²) in [5.74, 6) is -0.261. The first-order chi connectivity index (χ1) is 11.6. The summed E-state index contributed by atoms with van der Waals surface area (Å²) in [6.45, 7) is 2.38. The highest BCUT2D eigenvalue weighted by Crippen LogP contribution is 2.18. The molecular weight excluding hydrogens is 348 g/mol. The summed E-state index contributed by atoms with van der Waals surface area (Å²) in [5, 5.41) is 12.7. The lowest BCUT2D eigenvalue weighted by molar-refractivity contribution is 0.0792. The van der Waals surface area contributed by atoms with Crippen molar-refractivity contribution in [1.29, 1.82) is 0 Å². The Bertz CT molecular complexity index is 686. The van der Waals surface area contributed by atoms with Gasteiger partial charge in [-0.1, -0.05) is 22.9 Å². The summed E-state index contributed by atoms with van der Waals surface area (Å²) in [5.41, 5.74) is 0.677. The smallest absolute Gasteiger partial charge is 0.286 e. The van der Waals surface area contributed by atoms with Crippen molar-refractivity contribution in [2.24, 2.45) is 0 Å². The second kappa shape index (κ2) is 8.02. The van der Waals surface area contributed by atoms with Crippen LogP contribution in [0.5, 0.6) is 0 Å². The second-order valence-corrected chi connectivity index (χ2v) is 7.29. The van der Waals surface area contributed by atoms with E-state index in [2.05, 4.69) is 20.4 Å². The minimum absolute atomic E-state index is 0.261. The van der Waals surface area contributed by atoms with Crippen molar-refractivity contribution >= 4 is 34.5 Å². The number of carbonyl (C=O) groups is 1. The Morgan fingerprint density at radius 1 is 1.42 bits per heavy atom. The van der Waals surface area contributed by atoms with Gasteiger partial charge in [0.1, 0.15) is 5.01 Å². The average molecular weight is 367 g/mol. The molecule has 1 aliphatic rings. The van der Waals surface area contributed by atoms with Crippen LogP contribution in [-0.2, 0) is 11.3 Å². The maximum atomic E-state index is 12.2. The number of halogens is 1. The van der Waals surface area contributed by atoms with Gasteiger partial charge in [0, 0.05) is 23.9 Å². The van der Waals surface area contributed by atoms with E-state index in [1.54, 1.807) is 24.3 Å². The number of aromatic nitrogens is 2. The molecule has 0 spiro atoms. The van der Waals surface area contributed by atoms with Crippen LogP contribution in [0.4, 0.5) is 5.69 Å². The second-order valence-electron chi connectivity index (χ2n) is 5.79. The summed E-state index contributed by atoms with van der Waals surface area (Å²) < 4.78 is 5.63. The van der Waals surface area contributed by atoms with Crippen molar-refractivity contribution in [2.75, 3.05) is 25.5 Å². The van der Waals surface area contributed by atoms with Gasteiger partial charge in [0.2, 0.25) is 5.01 Å². The highest BCUT2D eigenvalue weighted by Gasteiger charge is 2.19. The van der Waals surface area contributed by atoms with Crippen LogP contribution in [0.2, 0.25) is 5.02 Å². The van der Waals surface area contributed by atoms with E-state index < -0.39 is 0 Å². The lowest BCUT2D eigenvalue weighted by Gasteiger charge is -2.18. The predicted octanol–water partition coefficient (Wildman–Crippen LogP) is 3.05. The van der Waals surface area contributed by atoms with Crippen molar-refractivity contribution < 1.29 is 9.53 Å². The number of anilines is 1. The van der Waals surface area contributed by atoms with Gasteiger partial charge in [-0.25, -0.2) is 0 Å². The summed E-state index contributed by atoms with van der Waals surface area (Å²) >= 11 is 7.14. The molecule has 0 radical (unpaired) electrons. The van der Waals surface area contributed by atoms with E-state index in [-0.39, 0.29) is 5.91 Å². The van der Waals surface area contributed by atoms with E-state index in [1.165, 1.54) is 11.3 Å². The van der Waals surface area contributed by atoms with E-state index in [0.29, 0.717) is 28.4 Å². The molecule has 2 heterocycles. The minimum atomic E-state index is -0.261. The third-order valence-electron chi connectivity index (χ3n) is 3.71. The molecule has 1 aliphatic heterocycles. The molecule has 1 atom stereocenters. The highest BCUT2D eigenvalue weighted by molar-refractivity contribution is 7.13. The van der Waals surface area contributed by atoms with Crippen LogP contribution in [0.15, 0.2) is 24.3 Å². The van der Waals surface area contributed by atoms with Crippen LogP contribution in [0.1, 0.15) is 27.7 Å². The molecule has 1 fully saturated rings. The lowest BCUT2D eigenvalue weighted by atomic mass is 10.2. The first-order valence-electron chi connectivity index (χ1n) is 7.79. The van der Waals surface area contributed by atoms with Gasteiger partial charge in [-0.2, -0.15) is 0 Å². The van der Waals surface area contributed by atoms with Gasteiger partial charge in [-0.15, -0.1) is 10.2 Å². The molecule has 1 aromatic heterocycles. The molecule has 1 aromatic carbocycles. The molecule has 6 nitrogen and oxygen atoms in total. The fourth-order valence-electron chi connectivity index (χ4n) is 2.56.